The largest absolute Gasteiger partial charge is 0.497 e. The molecule has 0 fully saturated rings. The van der Waals surface area contributed by atoms with Crippen LogP contribution in [0.3, 0.4) is 0 Å². The molecule has 0 unspecified atom stereocenters. The van der Waals surface area contributed by atoms with E-state index in [0.29, 0.717) is 19.0 Å². The maximum atomic E-state index is 5.44. The summed E-state index contributed by atoms with van der Waals surface area (Å²) in [6, 6.07) is 0. The number of ether oxygens (including phenoxy) is 3. The van der Waals surface area contributed by atoms with E-state index in [2.05, 4.69) is 22.5 Å². The van der Waals surface area contributed by atoms with E-state index in [1.165, 1.54) is 0 Å². The summed E-state index contributed by atoms with van der Waals surface area (Å²) in [5.41, 5.74) is 1.13. The number of halogens is 1. The lowest BCUT2D eigenvalue weighted by Crippen LogP contribution is -1.99. The molecule has 0 aliphatic heterocycles. The molecule has 0 aliphatic rings. The molecule has 0 spiro atoms. The Morgan fingerprint density at radius 2 is 2.00 bits per heavy atom. The molecule has 0 bridgehead atoms. The molecule has 0 aliphatic carbocycles. The second-order valence-corrected chi connectivity index (χ2v) is 3.90. The van der Waals surface area contributed by atoms with Gasteiger partial charge in [0.05, 0.1) is 13.7 Å². The fraction of sp³-hybridized carbons (Fsp3) is 0.538. The van der Waals surface area contributed by atoms with Gasteiger partial charge in [-0.25, -0.2) is 0 Å². The van der Waals surface area contributed by atoms with Gasteiger partial charge in [0.15, 0.2) is 0 Å². The van der Waals surface area contributed by atoms with E-state index in [9.17, 15) is 0 Å². The summed E-state index contributed by atoms with van der Waals surface area (Å²) < 4.78 is 15.3. The summed E-state index contributed by atoms with van der Waals surface area (Å²) in [5.74, 6) is 0.637. The average Bonchev–Trinajstić information content (AvgIpc) is 2.36. The molecule has 0 saturated carbocycles. The van der Waals surface area contributed by atoms with Gasteiger partial charge in [0.2, 0.25) is 0 Å². The molecule has 0 aromatic carbocycles. The maximum absolute atomic E-state index is 5.44. The van der Waals surface area contributed by atoms with E-state index in [1.54, 1.807) is 14.2 Å². The van der Waals surface area contributed by atoms with Crippen LogP contribution in [0.25, 0.3) is 0 Å². The maximum Gasteiger partial charge on any atom is 0.111 e. The Labute approximate surface area is 112 Å². The molecule has 0 amide bonds. The number of alkyl halides is 1. The van der Waals surface area contributed by atoms with Crippen LogP contribution >= 0.6 is 15.9 Å². The molecule has 0 saturated heterocycles. The third kappa shape index (κ3) is 10.3. The summed E-state index contributed by atoms with van der Waals surface area (Å²) in [4.78, 5) is 0. The Bertz CT molecular complexity index is 259. The van der Waals surface area contributed by atoms with Crippen LogP contribution in [0, 0.1) is 0 Å². The number of methoxy groups -OCH3 is 2. The van der Waals surface area contributed by atoms with Gasteiger partial charge in [-0.3, -0.25) is 0 Å². The van der Waals surface area contributed by atoms with Crippen LogP contribution < -0.4 is 0 Å². The number of hydrogen-bond donors (Lipinski definition) is 0. The van der Waals surface area contributed by atoms with Gasteiger partial charge in [0.25, 0.3) is 0 Å². The van der Waals surface area contributed by atoms with Crippen molar-refractivity contribution in [3.05, 3.63) is 36.1 Å². The summed E-state index contributed by atoms with van der Waals surface area (Å²) in [6.07, 6.45) is 6.74. The van der Waals surface area contributed by atoms with E-state index >= 15 is 0 Å². The average molecular weight is 305 g/mol. The lowest BCUT2D eigenvalue weighted by molar-refractivity contribution is 0.120. The van der Waals surface area contributed by atoms with Crippen molar-refractivity contribution in [2.75, 3.05) is 39.4 Å². The first-order valence-corrected chi connectivity index (χ1v) is 6.59. The molecule has 0 heterocycles. The SMILES string of the molecule is C=C(C=CC(=CCOCCCOC)CBr)OC. The molecule has 0 radical (unpaired) electrons. The minimum atomic E-state index is 0.606. The zero-order chi connectivity index (χ0) is 12.9. The quantitative estimate of drug-likeness (QED) is 0.269. The van der Waals surface area contributed by atoms with Crippen LogP contribution in [-0.2, 0) is 14.2 Å². The summed E-state index contributed by atoms with van der Waals surface area (Å²) in [7, 11) is 3.29. The van der Waals surface area contributed by atoms with E-state index in [1.807, 2.05) is 18.2 Å². The first-order valence-electron chi connectivity index (χ1n) is 5.47. The molecular formula is C13H21BrO3. The fourth-order valence-corrected chi connectivity index (χ4v) is 1.41. The van der Waals surface area contributed by atoms with Gasteiger partial charge < -0.3 is 14.2 Å². The van der Waals surface area contributed by atoms with Gasteiger partial charge in [-0.05, 0) is 18.1 Å². The third-order valence-electron chi connectivity index (χ3n) is 2.00. The highest BCUT2D eigenvalue weighted by molar-refractivity contribution is 9.09. The Hall–Kier alpha value is -0.580. The number of hydrogen-bond acceptors (Lipinski definition) is 3. The highest BCUT2D eigenvalue weighted by Crippen LogP contribution is 2.04. The lowest BCUT2D eigenvalue weighted by atomic mass is 10.2. The van der Waals surface area contributed by atoms with Crippen molar-refractivity contribution in [2.45, 2.75) is 6.42 Å². The first-order chi connectivity index (χ1) is 8.24. The van der Waals surface area contributed by atoms with Crippen molar-refractivity contribution in [1.82, 2.24) is 0 Å². The molecule has 0 rings (SSSR count). The predicted molar refractivity (Wildman–Crippen MR) is 74.5 cm³/mol. The van der Waals surface area contributed by atoms with Crippen LogP contribution in [-0.4, -0.2) is 39.4 Å². The van der Waals surface area contributed by atoms with Gasteiger partial charge in [-0.1, -0.05) is 34.7 Å². The molecule has 3 nitrogen and oxygen atoms in total. The Balaban J connectivity index is 3.84. The van der Waals surface area contributed by atoms with Gasteiger partial charge >= 0.3 is 0 Å². The molecule has 4 heteroatoms. The molecule has 0 atom stereocenters. The Morgan fingerprint density at radius 1 is 1.24 bits per heavy atom. The predicted octanol–water partition coefficient (Wildman–Crippen LogP) is 3.08. The van der Waals surface area contributed by atoms with Gasteiger partial charge in [-0.2, -0.15) is 0 Å². The number of allylic oxidation sites excluding steroid dienone is 3. The molecular weight excluding hydrogens is 284 g/mol. The van der Waals surface area contributed by atoms with E-state index in [4.69, 9.17) is 14.2 Å². The van der Waals surface area contributed by atoms with Gasteiger partial charge in [0.1, 0.15) is 5.76 Å². The van der Waals surface area contributed by atoms with Crippen molar-refractivity contribution in [3.8, 4) is 0 Å². The van der Waals surface area contributed by atoms with Crippen molar-refractivity contribution in [3.63, 3.8) is 0 Å². The first kappa shape index (κ1) is 16.4. The van der Waals surface area contributed by atoms with Crippen molar-refractivity contribution in [1.29, 1.82) is 0 Å². The minimum absolute atomic E-state index is 0.606. The Kier molecular flexibility index (Phi) is 11.5. The normalized spacial score (nSPS) is 12.1. The highest BCUT2D eigenvalue weighted by atomic mass is 79.9. The highest BCUT2D eigenvalue weighted by Gasteiger charge is 1.91. The van der Waals surface area contributed by atoms with Crippen molar-refractivity contribution in [2.24, 2.45) is 0 Å². The van der Waals surface area contributed by atoms with Crippen molar-refractivity contribution < 1.29 is 14.2 Å². The van der Waals surface area contributed by atoms with E-state index in [0.717, 1.165) is 23.9 Å². The monoisotopic (exact) mass is 304 g/mol. The second-order valence-electron chi connectivity index (χ2n) is 3.34. The zero-order valence-corrected chi connectivity index (χ0v) is 12.2. The molecule has 0 N–H and O–H groups in total. The topological polar surface area (TPSA) is 27.7 Å². The van der Waals surface area contributed by atoms with Crippen LogP contribution in [0.2, 0.25) is 0 Å². The van der Waals surface area contributed by atoms with Gasteiger partial charge in [0, 0.05) is 25.7 Å². The van der Waals surface area contributed by atoms with Crippen LogP contribution in [0.15, 0.2) is 36.1 Å². The van der Waals surface area contributed by atoms with E-state index in [-0.39, 0.29) is 0 Å². The number of rotatable bonds is 10. The summed E-state index contributed by atoms with van der Waals surface area (Å²) in [6.45, 7) is 5.77. The molecule has 17 heavy (non-hydrogen) atoms. The van der Waals surface area contributed by atoms with Crippen LogP contribution in [0.4, 0.5) is 0 Å². The molecule has 0 aromatic heterocycles. The van der Waals surface area contributed by atoms with E-state index < -0.39 is 0 Å². The second kappa shape index (κ2) is 11.9. The fourth-order valence-electron chi connectivity index (χ4n) is 0.990. The standard InChI is InChI=1S/C13H21BrO3/c1-12(16-3)5-6-13(11-14)7-10-17-9-4-8-15-2/h5-7H,1,4,8-11H2,2-3H3. The zero-order valence-electron chi connectivity index (χ0n) is 10.6. The smallest absolute Gasteiger partial charge is 0.111 e. The molecule has 98 valence electrons. The van der Waals surface area contributed by atoms with Gasteiger partial charge in [-0.15, -0.1) is 0 Å². The van der Waals surface area contributed by atoms with Crippen LogP contribution in [0.5, 0.6) is 0 Å². The van der Waals surface area contributed by atoms with Crippen LogP contribution in [0.1, 0.15) is 6.42 Å². The lowest BCUT2D eigenvalue weighted by Gasteiger charge is -2.02. The summed E-state index contributed by atoms with van der Waals surface area (Å²) in [5, 5.41) is 0.780. The Morgan fingerprint density at radius 3 is 2.59 bits per heavy atom. The molecule has 0 aromatic rings. The minimum Gasteiger partial charge on any atom is -0.497 e. The third-order valence-corrected chi connectivity index (χ3v) is 2.65. The van der Waals surface area contributed by atoms with Crippen molar-refractivity contribution >= 4 is 15.9 Å². The summed E-state index contributed by atoms with van der Waals surface area (Å²) >= 11 is 3.42.